The molecule has 0 saturated carbocycles. The molecule has 0 aliphatic carbocycles. The third kappa shape index (κ3) is 4.90. The van der Waals surface area contributed by atoms with Gasteiger partial charge in [0.2, 0.25) is 11.8 Å². The first-order valence-electron chi connectivity index (χ1n) is 6.61. The van der Waals surface area contributed by atoms with E-state index in [2.05, 4.69) is 15.6 Å². The summed E-state index contributed by atoms with van der Waals surface area (Å²) in [5.74, 6) is -0.759. The summed E-state index contributed by atoms with van der Waals surface area (Å²) in [5.41, 5.74) is 0.597. The third-order valence-electron chi connectivity index (χ3n) is 2.91. The van der Waals surface area contributed by atoms with Crippen molar-refractivity contribution < 1.29 is 22.8 Å². The number of halogens is 3. The summed E-state index contributed by atoms with van der Waals surface area (Å²) < 4.78 is 35.9. The molecule has 2 heterocycles. The molecule has 120 valence electrons. The molecule has 2 amide bonds. The van der Waals surface area contributed by atoms with Gasteiger partial charge in [-0.1, -0.05) is 11.8 Å². The van der Waals surface area contributed by atoms with Crippen LogP contribution in [-0.2, 0) is 9.59 Å². The summed E-state index contributed by atoms with van der Waals surface area (Å²) in [7, 11) is 0. The lowest BCUT2D eigenvalue weighted by Crippen LogP contribution is -2.35. The average Bonchev–Trinajstić information content (AvgIpc) is 2.43. The lowest BCUT2D eigenvalue weighted by Gasteiger charge is -2.22. The van der Waals surface area contributed by atoms with E-state index in [9.17, 15) is 22.8 Å². The van der Waals surface area contributed by atoms with Crippen LogP contribution in [0.1, 0.15) is 19.3 Å². The predicted molar refractivity (Wildman–Crippen MR) is 75.4 cm³/mol. The number of nitrogens with zero attached hydrogens (tertiary/aromatic N) is 1. The van der Waals surface area contributed by atoms with E-state index in [1.165, 1.54) is 11.8 Å². The molecule has 0 radical (unpaired) electrons. The molecule has 5 nitrogen and oxygen atoms in total. The minimum Gasteiger partial charge on any atom is -0.356 e. The number of rotatable bonds is 5. The van der Waals surface area contributed by atoms with Gasteiger partial charge in [0.15, 0.2) is 0 Å². The van der Waals surface area contributed by atoms with Crippen LogP contribution < -0.4 is 10.6 Å². The lowest BCUT2D eigenvalue weighted by atomic mass is 10.2. The van der Waals surface area contributed by atoms with Crippen molar-refractivity contribution in [3.8, 4) is 0 Å². The molecule has 1 atom stereocenters. The Morgan fingerprint density at radius 1 is 1.45 bits per heavy atom. The highest BCUT2D eigenvalue weighted by Crippen LogP contribution is 2.34. The van der Waals surface area contributed by atoms with Gasteiger partial charge in [-0.3, -0.25) is 9.59 Å². The quantitative estimate of drug-likeness (QED) is 0.812. The van der Waals surface area contributed by atoms with Crippen molar-refractivity contribution >= 4 is 29.3 Å². The number of anilines is 1. The average molecular weight is 333 g/mol. The van der Waals surface area contributed by atoms with Crippen molar-refractivity contribution in [2.45, 2.75) is 35.7 Å². The first-order valence-corrected chi connectivity index (χ1v) is 7.49. The van der Waals surface area contributed by atoms with Gasteiger partial charge in [-0.05, 0) is 18.6 Å². The van der Waals surface area contributed by atoms with E-state index >= 15 is 0 Å². The molecule has 2 rings (SSSR count). The van der Waals surface area contributed by atoms with Crippen molar-refractivity contribution in [2.24, 2.45) is 0 Å². The summed E-state index contributed by atoms with van der Waals surface area (Å²) in [6, 6.07) is 3.40. The number of aromatic nitrogens is 1. The highest BCUT2D eigenvalue weighted by atomic mass is 32.2. The Balaban J connectivity index is 1.79. The van der Waals surface area contributed by atoms with E-state index in [0.717, 1.165) is 0 Å². The largest absolute Gasteiger partial charge is 0.389 e. The number of nitrogens with one attached hydrogen (secondary N) is 2. The van der Waals surface area contributed by atoms with Crippen LogP contribution in [0.3, 0.4) is 0 Å². The fourth-order valence-corrected chi connectivity index (χ4v) is 2.91. The second-order valence-electron chi connectivity index (χ2n) is 4.72. The number of carbonyl (C=O) groups is 2. The van der Waals surface area contributed by atoms with Crippen LogP contribution in [0.15, 0.2) is 23.4 Å². The van der Waals surface area contributed by atoms with Gasteiger partial charge in [-0.2, -0.15) is 13.2 Å². The minimum atomic E-state index is -4.22. The number of amides is 2. The number of alkyl halides is 3. The molecule has 0 aromatic carbocycles. The van der Waals surface area contributed by atoms with E-state index in [0.29, 0.717) is 10.7 Å². The van der Waals surface area contributed by atoms with E-state index in [4.69, 9.17) is 0 Å². The smallest absolute Gasteiger partial charge is 0.356 e. The highest BCUT2D eigenvalue weighted by Gasteiger charge is 2.30. The Kier molecular flexibility index (Phi) is 5.28. The molecule has 1 aliphatic rings. The van der Waals surface area contributed by atoms with E-state index < -0.39 is 23.8 Å². The van der Waals surface area contributed by atoms with E-state index in [1.807, 2.05) is 0 Å². The Morgan fingerprint density at radius 3 is 2.95 bits per heavy atom. The maximum Gasteiger partial charge on any atom is 0.389 e. The van der Waals surface area contributed by atoms with Gasteiger partial charge >= 0.3 is 6.18 Å². The zero-order valence-electron chi connectivity index (χ0n) is 11.4. The zero-order chi connectivity index (χ0) is 16.2. The number of hydrogen-bond donors (Lipinski definition) is 2. The highest BCUT2D eigenvalue weighted by molar-refractivity contribution is 8.00. The molecule has 1 unspecified atom stereocenters. The van der Waals surface area contributed by atoms with Crippen LogP contribution in [0.2, 0.25) is 0 Å². The minimum absolute atomic E-state index is 0.0633. The molecule has 0 spiro atoms. The monoisotopic (exact) mass is 333 g/mol. The van der Waals surface area contributed by atoms with Crippen LogP contribution in [0.25, 0.3) is 0 Å². The van der Waals surface area contributed by atoms with Gasteiger partial charge < -0.3 is 10.6 Å². The summed E-state index contributed by atoms with van der Waals surface area (Å²) in [6.45, 7) is -0.0633. The normalized spacial score (nSPS) is 17.6. The predicted octanol–water partition coefficient (Wildman–Crippen LogP) is 2.34. The number of thioether (sulfide) groups is 1. The summed E-state index contributed by atoms with van der Waals surface area (Å²) in [4.78, 5) is 27.7. The topological polar surface area (TPSA) is 71.1 Å². The van der Waals surface area contributed by atoms with Crippen molar-refractivity contribution in [3.63, 3.8) is 0 Å². The van der Waals surface area contributed by atoms with E-state index in [-0.39, 0.29) is 25.3 Å². The van der Waals surface area contributed by atoms with Crippen molar-refractivity contribution in [3.05, 3.63) is 18.3 Å². The summed E-state index contributed by atoms with van der Waals surface area (Å²) in [6.07, 6.45) is -3.86. The molecule has 1 aliphatic heterocycles. The van der Waals surface area contributed by atoms with Crippen LogP contribution in [-0.4, -0.2) is 34.8 Å². The van der Waals surface area contributed by atoms with Crippen molar-refractivity contribution in [1.29, 1.82) is 0 Å². The first-order chi connectivity index (χ1) is 10.3. The molecular weight excluding hydrogens is 319 g/mol. The first kappa shape index (κ1) is 16.6. The van der Waals surface area contributed by atoms with Crippen LogP contribution in [0, 0.1) is 0 Å². The lowest BCUT2D eigenvalue weighted by molar-refractivity contribution is -0.136. The van der Waals surface area contributed by atoms with E-state index in [1.54, 1.807) is 18.3 Å². The van der Waals surface area contributed by atoms with Gasteiger partial charge in [0, 0.05) is 25.6 Å². The Morgan fingerprint density at radius 2 is 2.23 bits per heavy atom. The van der Waals surface area contributed by atoms with Crippen molar-refractivity contribution in [1.82, 2.24) is 10.3 Å². The maximum atomic E-state index is 12.0. The fraction of sp³-hybridized carbons (Fsp3) is 0.462. The van der Waals surface area contributed by atoms with Crippen molar-refractivity contribution in [2.75, 3.05) is 11.9 Å². The third-order valence-corrected chi connectivity index (χ3v) is 4.12. The summed E-state index contributed by atoms with van der Waals surface area (Å²) in [5, 5.41) is 5.03. The van der Waals surface area contributed by atoms with Gasteiger partial charge in [-0.15, -0.1) is 0 Å². The molecule has 0 saturated heterocycles. The number of fused-ring (bicyclic) bond motifs is 1. The Bertz CT molecular complexity index is 566. The second-order valence-corrected chi connectivity index (χ2v) is 5.92. The number of carbonyl (C=O) groups excluding carboxylic acids is 2. The fourth-order valence-electron chi connectivity index (χ4n) is 1.87. The SMILES string of the molecule is O=C(CC1Sc2ncccc2NC1=O)NCCCC(F)(F)F. The van der Waals surface area contributed by atoms with Crippen LogP contribution in [0.5, 0.6) is 0 Å². The van der Waals surface area contributed by atoms with Crippen LogP contribution >= 0.6 is 11.8 Å². The zero-order valence-corrected chi connectivity index (χ0v) is 12.3. The van der Waals surface area contributed by atoms with Gasteiger partial charge in [0.05, 0.1) is 10.9 Å². The molecule has 2 N–H and O–H groups in total. The second kappa shape index (κ2) is 6.99. The van der Waals surface area contributed by atoms with Gasteiger partial charge in [0.25, 0.3) is 0 Å². The maximum absolute atomic E-state index is 12.0. The Hall–Kier alpha value is -1.77. The molecular formula is C13H14F3N3O2S. The number of hydrogen-bond acceptors (Lipinski definition) is 4. The van der Waals surface area contributed by atoms with Crippen LogP contribution in [0.4, 0.5) is 18.9 Å². The molecule has 1 aromatic heterocycles. The summed E-state index contributed by atoms with van der Waals surface area (Å²) >= 11 is 1.17. The molecule has 0 fully saturated rings. The molecule has 1 aromatic rings. The Labute approximate surface area is 129 Å². The standard InChI is InChI=1S/C13H14F3N3O2S/c14-13(15,16)4-2-6-17-10(20)7-9-11(21)19-8-3-1-5-18-12(8)22-9/h1,3,5,9H,2,4,6-7H2,(H,17,20)(H,19,21). The molecule has 0 bridgehead atoms. The molecule has 22 heavy (non-hydrogen) atoms. The van der Waals surface area contributed by atoms with Gasteiger partial charge in [-0.25, -0.2) is 4.98 Å². The number of pyridine rings is 1. The molecule has 9 heteroatoms. The van der Waals surface area contributed by atoms with Gasteiger partial charge in [0.1, 0.15) is 5.03 Å².